The van der Waals surface area contributed by atoms with Crippen LogP contribution in [0, 0.1) is 10.8 Å². The molecule has 2 amide bonds. The lowest BCUT2D eigenvalue weighted by molar-refractivity contribution is -0.183. The first-order chi connectivity index (χ1) is 24.1. The molecule has 0 saturated heterocycles. The Morgan fingerprint density at radius 3 is 2.42 bits per heavy atom. The monoisotopic (exact) mass is 751 g/mol. The third-order valence-corrected chi connectivity index (χ3v) is 9.51. The van der Waals surface area contributed by atoms with Crippen LogP contribution in [0.15, 0.2) is 66.5 Å². The minimum atomic E-state index is -4.79. The quantitative estimate of drug-likeness (QED) is 0.212. The van der Waals surface area contributed by atoms with Crippen LogP contribution in [0.5, 0.6) is 0 Å². The maximum Gasteiger partial charge on any atom is 0.411 e. The van der Waals surface area contributed by atoms with Gasteiger partial charge in [-0.25, -0.2) is 24.1 Å². The van der Waals surface area contributed by atoms with Crippen molar-refractivity contribution < 1.29 is 36.3 Å². The van der Waals surface area contributed by atoms with Crippen molar-refractivity contribution in [3.05, 3.63) is 77.6 Å². The minimum Gasteiger partial charge on any atom is -0.447 e. The second kappa shape index (κ2) is 13.6. The van der Waals surface area contributed by atoms with Crippen LogP contribution in [-0.2, 0) is 9.53 Å². The van der Waals surface area contributed by atoms with E-state index in [4.69, 9.17) is 27.1 Å². The Morgan fingerprint density at radius 1 is 1.15 bits per heavy atom. The maximum atomic E-state index is 15.1. The molecule has 1 aliphatic carbocycles. The molecular formula is C34H39ClF5N9O3. The molecule has 0 fully saturated rings. The normalized spacial score (nSPS) is 21.7. The minimum absolute atomic E-state index is 0.196. The van der Waals surface area contributed by atoms with E-state index in [1.54, 1.807) is 24.3 Å². The predicted octanol–water partition coefficient (Wildman–Crippen LogP) is 7.00. The highest BCUT2D eigenvalue weighted by molar-refractivity contribution is 6.32. The lowest BCUT2D eigenvalue weighted by atomic mass is 9.61. The number of aromatic nitrogens is 5. The average Bonchev–Trinajstić information content (AvgIpc) is 3.79. The van der Waals surface area contributed by atoms with Crippen LogP contribution in [0.2, 0.25) is 5.02 Å². The Balaban J connectivity index is 1.55. The summed E-state index contributed by atoms with van der Waals surface area (Å²) in [4.78, 5) is 37.9. The third-order valence-electron chi connectivity index (χ3n) is 9.20. The van der Waals surface area contributed by atoms with Gasteiger partial charge in [0.15, 0.2) is 11.5 Å². The second-order valence-electron chi connectivity index (χ2n) is 14.8. The number of aliphatic imine (C=N–C) groups is 1. The van der Waals surface area contributed by atoms with Crippen molar-refractivity contribution in [1.82, 2.24) is 34.8 Å². The Bertz CT molecular complexity index is 1920. The summed E-state index contributed by atoms with van der Waals surface area (Å²) in [5, 5.41) is 9.93. The summed E-state index contributed by atoms with van der Waals surface area (Å²) < 4.78 is 74.5. The number of amides is 2. The number of nitrogens with one attached hydrogen (secondary N) is 1. The fourth-order valence-electron chi connectivity index (χ4n) is 6.29. The SMILES string of the molecule is CC(C)(C)C[C@]1(C2(C)C=CC(c3cnn(C(F)F)c3)=CC2)N=C(N)N([C@H](COC(=O)NC(C)(C)C(F)(F)F)c2ccc(Cl)c(-n3cncn3)c2)C1=O. The van der Waals surface area contributed by atoms with Crippen LogP contribution in [0.4, 0.5) is 26.7 Å². The molecule has 1 aliphatic heterocycles. The molecule has 52 heavy (non-hydrogen) atoms. The van der Waals surface area contributed by atoms with Crippen molar-refractivity contribution in [3.8, 4) is 5.69 Å². The van der Waals surface area contributed by atoms with Gasteiger partial charge < -0.3 is 15.8 Å². The van der Waals surface area contributed by atoms with E-state index in [1.807, 2.05) is 39.1 Å². The first-order valence-electron chi connectivity index (χ1n) is 16.1. The number of nitrogens with two attached hydrogens (primary N) is 1. The Morgan fingerprint density at radius 2 is 1.87 bits per heavy atom. The number of alkyl halides is 5. The summed E-state index contributed by atoms with van der Waals surface area (Å²) >= 11 is 6.49. The molecule has 3 N–H and O–H groups in total. The largest absolute Gasteiger partial charge is 0.447 e. The number of benzene rings is 1. The number of rotatable bonds is 10. The molecule has 0 spiro atoms. The van der Waals surface area contributed by atoms with E-state index >= 15 is 4.79 Å². The van der Waals surface area contributed by atoms with E-state index in [9.17, 15) is 26.7 Å². The third kappa shape index (κ3) is 7.41. The van der Waals surface area contributed by atoms with Gasteiger partial charge in [0.25, 0.3) is 5.91 Å². The standard InChI is InChI=1S/C34H39ClF5N9O3/c1-30(2,3)17-33(32(6)11-9-20(10-12-32)22-14-43-47(15-22)27(36)37)26(50)49(28(41)45-33)25(16-52-29(51)46-31(4,5)34(38,39)40)21-7-8-23(35)24(13-21)48-19-42-18-44-48/h7-11,13-15,18-19,25,27H,12,16-17H2,1-6H3,(H2,41,45)(H,46,51)/t25-,32?,33+/m1/s1. The summed E-state index contributed by atoms with van der Waals surface area (Å²) in [5.74, 6) is -0.755. The summed E-state index contributed by atoms with van der Waals surface area (Å²) in [6.45, 7) is 5.77. The Hall–Kier alpha value is -4.80. The average molecular weight is 752 g/mol. The van der Waals surface area contributed by atoms with Crippen molar-refractivity contribution in [3.63, 3.8) is 0 Å². The molecule has 2 aromatic heterocycles. The van der Waals surface area contributed by atoms with Crippen molar-refractivity contribution >= 4 is 35.1 Å². The van der Waals surface area contributed by atoms with Gasteiger partial charge in [0, 0.05) is 17.2 Å². The van der Waals surface area contributed by atoms with Gasteiger partial charge in [-0.1, -0.05) is 63.6 Å². The molecule has 0 bridgehead atoms. The molecule has 0 radical (unpaired) electrons. The topological polar surface area (TPSA) is 146 Å². The van der Waals surface area contributed by atoms with Gasteiger partial charge in [-0.2, -0.15) is 32.1 Å². The zero-order chi connectivity index (χ0) is 38.4. The van der Waals surface area contributed by atoms with E-state index in [2.05, 4.69) is 15.2 Å². The molecule has 3 atom stereocenters. The highest BCUT2D eigenvalue weighted by atomic mass is 35.5. The molecule has 3 aromatic rings. The summed E-state index contributed by atoms with van der Waals surface area (Å²) in [6.07, 6.45) is 4.85. The fourth-order valence-corrected chi connectivity index (χ4v) is 6.49. The van der Waals surface area contributed by atoms with Gasteiger partial charge in [-0.15, -0.1) is 0 Å². The molecule has 3 heterocycles. The summed E-state index contributed by atoms with van der Waals surface area (Å²) in [6, 6.07) is 3.47. The zero-order valence-corrected chi connectivity index (χ0v) is 30.0. The first-order valence-corrected chi connectivity index (χ1v) is 16.5. The number of guanidine groups is 1. The molecule has 18 heteroatoms. The highest BCUT2D eigenvalue weighted by Gasteiger charge is 2.60. The van der Waals surface area contributed by atoms with Gasteiger partial charge in [0.1, 0.15) is 24.8 Å². The highest BCUT2D eigenvalue weighted by Crippen LogP contribution is 2.52. The molecule has 0 saturated carbocycles. The smallest absolute Gasteiger partial charge is 0.411 e. The van der Waals surface area contributed by atoms with Gasteiger partial charge in [-0.3, -0.25) is 9.69 Å². The second-order valence-corrected chi connectivity index (χ2v) is 15.2. The number of halogens is 6. The lowest BCUT2D eigenvalue weighted by Gasteiger charge is -2.45. The van der Waals surface area contributed by atoms with Gasteiger partial charge >= 0.3 is 18.8 Å². The predicted molar refractivity (Wildman–Crippen MR) is 182 cm³/mol. The van der Waals surface area contributed by atoms with Crippen molar-refractivity contribution in [2.75, 3.05) is 6.61 Å². The van der Waals surface area contributed by atoms with Crippen LogP contribution >= 0.6 is 11.6 Å². The van der Waals surface area contributed by atoms with Gasteiger partial charge in [0.05, 0.1) is 22.9 Å². The van der Waals surface area contributed by atoms with Crippen LogP contribution in [0.1, 0.15) is 78.1 Å². The lowest BCUT2D eigenvalue weighted by Crippen LogP contribution is -2.56. The fraction of sp³-hybridized carbons (Fsp3) is 0.471. The molecule has 1 unspecified atom stereocenters. The van der Waals surface area contributed by atoms with E-state index in [1.165, 1.54) is 40.7 Å². The Labute approximate surface area is 301 Å². The first kappa shape index (κ1) is 38.4. The number of alkyl carbamates (subject to hydrolysis) is 1. The molecule has 12 nitrogen and oxygen atoms in total. The molecule has 2 aliphatic rings. The summed E-state index contributed by atoms with van der Waals surface area (Å²) in [5.41, 5.74) is 2.74. The van der Waals surface area contributed by atoms with Crippen molar-refractivity contribution in [2.24, 2.45) is 21.6 Å². The number of allylic oxidation sites excluding steroid dienone is 3. The van der Waals surface area contributed by atoms with Crippen molar-refractivity contribution in [2.45, 2.75) is 84.2 Å². The van der Waals surface area contributed by atoms with Crippen molar-refractivity contribution in [1.29, 1.82) is 0 Å². The molecular weight excluding hydrogens is 713 g/mol. The number of nitrogens with zero attached hydrogens (tertiary/aromatic N) is 7. The molecule has 1 aromatic carbocycles. The number of hydrogen-bond donors (Lipinski definition) is 2. The van der Waals surface area contributed by atoms with Gasteiger partial charge in [0.2, 0.25) is 0 Å². The summed E-state index contributed by atoms with van der Waals surface area (Å²) in [7, 11) is 0. The van der Waals surface area contributed by atoms with Crippen LogP contribution in [0.25, 0.3) is 11.3 Å². The number of carbonyl (C=O) groups is 2. The van der Waals surface area contributed by atoms with E-state index < -0.39 is 59.3 Å². The number of carbonyl (C=O) groups excluding carboxylic acids is 2. The zero-order valence-electron chi connectivity index (χ0n) is 29.2. The Kier molecular flexibility index (Phi) is 10.1. The molecule has 5 rings (SSSR count). The van der Waals surface area contributed by atoms with Crippen LogP contribution < -0.4 is 11.1 Å². The van der Waals surface area contributed by atoms with Crippen LogP contribution in [-0.4, -0.2) is 71.3 Å². The van der Waals surface area contributed by atoms with Gasteiger partial charge in [-0.05, 0) is 55.4 Å². The van der Waals surface area contributed by atoms with E-state index in [0.29, 0.717) is 27.1 Å². The number of ether oxygens (including phenoxy) is 1. The van der Waals surface area contributed by atoms with E-state index in [0.717, 1.165) is 13.8 Å². The number of hydrogen-bond acceptors (Lipinski definition) is 8. The van der Waals surface area contributed by atoms with Crippen LogP contribution in [0.3, 0.4) is 0 Å². The maximum absolute atomic E-state index is 15.1. The van der Waals surface area contributed by atoms with E-state index in [-0.39, 0.29) is 23.8 Å². The molecule has 280 valence electrons.